The van der Waals surface area contributed by atoms with E-state index in [4.69, 9.17) is 11.6 Å². The Labute approximate surface area is 151 Å². The summed E-state index contributed by atoms with van der Waals surface area (Å²) >= 11 is 7.46. The second-order valence-electron chi connectivity index (χ2n) is 6.89. The molecule has 126 valence electrons. The average molecular weight is 361 g/mol. The van der Waals surface area contributed by atoms with Crippen molar-refractivity contribution in [1.29, 1.82) is 0 Å². The number of fused-ring (bicyclic) bond motifs is 1. The summed E-state index contributed by atoms with van der Waals surface area (Å²) in [5.74, 6) is 1.63. The standard InChI is InChI=1S/C19H21ClN2OS/c20-16-7-5-14(6-8-16)18-21-17(12-24-18)19(23)22-10-9-13-3-1-2-4-15(13)11-22/h5-8,12-13,15H,1-4,9-11H2/t13-,15-/m0/s1. The van der Waals surface area contributed by atoms with Crippen molar-refractivity contribution in [3.05, 3.63) is 40.4 Å². The van der Waals surface area contributed by atoms with Gasteiger partial charge in [-0.15, -0.1) is 11.3 Å². The number of likely N-dealkylation sites (tertiary alicyclic amines) is 1. The van der Waals surface area contributed by atoms with Gasteiger partial charge in [0, 0.05) is 29.1 Å². The van der Waals surface area contributed by atoms with Crippen LogP contribution in [0.2, 0.25) is 5.02 Å². The Morgan fingerprint density at radius 1 is 1.12 bits per heavy atom. The molecule has 2 fully saturated rings. The van der Waals surface area contributed by atoms with Gasteiger partial charge in [-0.25, -0.2) is 4.98 Å². The van der Waals surface area contributed by atoms with Crippen molar-refractivity contribution >= 4 is 28.8 Å². The summed E-state index contributed by atoms with van der Waals surface area (Å²) in [4.78, 5) is 19.4. The Bertz CT molecular complexity index is 727. The molecule has 0 bridgehead atoms. The van der Waals surface area contributed by atoms with Crippen LogP contribution in [0.5, 0.6) is 0 Å². The van der Waals surface area contributed by atoms with Crippen LogP contribution in [-0.2, 0) is 0 Å². The maximum atomic E-state index is 12.8. The second-order valence-corrected chi connectivity index (χ2v) is 8.18. The van der Waals surface area contributed by atoms with Gasteiger partial charge < -0.3 is 4.90 Å². The van der Waals surface area contributed by atoms with Gasteiger partial charge in [0.15, 0.2) is 0 Å². The maximum absolute atomic E-state index is 12.8. The van der Waals surface area contributed by atoms with Gasteiger partial charge in [-0.3, -0.25) is 4.79 Å². The molecule has 5 heteroatoms. The zero-order valence-electron chi connectivity index (χ0n) is 13.6. The Hall–Kier alpha value is -1.39. The number of nitrogens with zero attached hydrogens (tertiary/aromatic N) is 2. The third-order valence-corrected chi connectivity index (χ3v) is 6.54. The number of thiazole rings is 1. The molecule has 3 nitrogen and oxygen atoms in total. The lowest BCUT2D eigenvalue weighted by Gasteiger charge is -2.41. The Kier molecular flexibility index (Phi) is 4.59. The molecule has 0 spiro atoms. The molecule has 2 atom stereocenters. The van der Waals surface area contributed by atoms with E-state index >= 15 is 0 Å². The van der Waals surface area contributed by atoms with Crippen molar-refractivity contribution in [3.63, 3.8) is 0 Å². The summed E-state index contributed by atoms with van der Waals surface area (Å²) in [7, 11) is 0. The second kappa shape index (κ2) is 6.85. The molecule has 4 rings (SSSR count). The highest BCUT2D eigenvalue weighted by atomic mass is 35.5. The van der Waals surface area contributed by atoms with Gasteiger partial charge in [0.1, 0.15) is 10.7 Å². The molecule has 1 aliphatic carbocycles. The number of rotatable bonds is 2. The summed E-state index contributed by atoms with van der Waals surface area (Å²) in [6.45, 7) is 1.80. The number of piperidine rings is 1. The molecular formula is C19H21ClN2OS. The number of carbonyl (C=O) groups is 1. The zero-order valence-corrected chi connectivity index (χ0v) is 15.2. The van der Waals surface area contributed by atoms with Gasteiger partial charge in [-0.1, -0.05) is 43.0 Å². The molecule has 1 amide bonds. The van der Waals surface area contributed by atoms with Crippen LogP contribution in [0.15, 0.2) is 29.6 Å². The smallest absolute Gasteiger partial charge is 0.273 e. The zero-order chi connectivity index (χ0) is 16.5. The van der Waals surface area contributed by atoms with Crippen LogP contribution in [0, 0.1) is 11.8 Å². The minimum atomic E-state index is 0.0930. The van der Waals surface area contributed by atoms with E-state index in [0.29, 0.717) is 16.6 Å². The molecule has 0 radical (unpaired) electrons. The Morgan fingerprint density at radius 3 is 2.67 bits per heavy atom. The maximum Gasteiger partial charge on any atom is 0.273 e. The first-order valence-corrected chi connectivity index (χ1v) is 9.97. The van der Waals surface area contributed by atoms with Crippen LogP contribution in [0.4, 0.5) is 0 Å². The minimum absolute atomic E-state index is 0.0930. The van der Waals surface area contributed by atoms with E-state index in [1.54, 1.807) is 0 Å². The average Bonchev–Trinajstić information content (AvgIpc) is 3.11. The van der Waals surface area contributed by atoms with Gasteiger partial charge in [0.2, 0.25) is 0 Å². The van der Waals surface area contributed by atoms with Crippen molar-refractivity contribution in [2.75, 3.05) is 13.1 Å². The van der Waals surface area contributed by atoms with E-state index < -0.39 is 0 Å². The van der Waals surface area contributed by atoms with Crippen molar-refractivity contribution in [2.24, 2.45) is 11.8 Å². The van der Waals surface area contributed by atoms with Crippen LogP contribution < -0.4 is 0 Å². The van der Waals surface area contributed by atoms with Gasteiger partial charge in [-0.2, -0.15) is 0 Å². The number of halogens is 1. The monoisotopic (exact) mass is 360 g/mol. The van der Waals surface area contributed by atoms with Crippen LogP contribution in [0.1, 0.15) is 42.6 Å². The van der Waals surface area contributed by atoms with Crippen LogP contribution in [-0.4, -0.2) is 28.9 Å². The van der Waals surface area contributed by atoms with E-state index in [1.807, 2.05) is 34.5 Å². The van der Waals surface area contributed by atoms with E-state index in [9.17, 15) is 4.79 Å². The van der Waals surface area contributed by atoms with Crippen LogP contribution in [0.3, 0.4) is 0 Å². The topological polar surface area (TPSA) is 33.2 Å². The highest BCUT2D eigenvalue weighted by molar-refractivity contribution is 7.13. The van der Waals surface area contributed by atoms with Gasteiger partial charge in [-0.05, 0) is 36.8 Å². The normalized spacial score (nSPS) is 23.8. The summed E-state index contributed by atoms with van der Waals surface area (Å²) < 4.78 is 0. The molecule has 1 aromatic heterocycles. The first kappa shape index (κ1) is 16.1. The SMILES string of the molecule is O=C(c1csc(-c2ccc(Cl)cc2)n1)N1CC[C@@H]2CCCC[C@H]2C1. The largest absolute Gasteiger partial charge is 0.337 e. The summed E-state index contributed by atoms with van der Waals surface area (Å²) in [5, 5.41) is 3.48. The van der Waals surface area contributed by atoms with E-state index in [0.717, 1.165) is 36.0 Å². The molecule has 2 heterocycles. The van der Waals surface area contributed by atoms with E-state index in [1.165, 1.54) is 37.0 Å². The van der Waals surface area contributed by atoms with E-state index in [-0.39, 0.29) is 5.91 Å². The minimum Gasteiger partial charge on any atom is -0.337 e. The highest BCUT2D eigenvalue weighted by Crippen LogP contribution is 2.36. The number of amides is 1. The molecule has 24 heavy (non-hydrogen) atoms. The lowest BCUT2D eigenvalue weighted by Crippen LogP contribution is -2.44. The predicted molar refractivity (Wildman–Crippen MR) is 98.5 cm³/mol. The first-order valence-electron chi connectivity index (χ1n) is 8.71. The molecule has 2 aliphatic rings. The lowest BCUT2D eigenvalue weighted by molar-refractivity contribution is 0.0516. The van der Waals surface area contributed by atoms with Crippen molar-refractivity contribution in [2.45, 2.75) is 32.1 Å². The molecular weight excluding hydrogens is 340 g/mol. The number of hydrogen-bond acceptors (Lipinski definition) is 3. The van der Waals surface area contributed by atoms with Gasteiger partial charge >= 0.3 is 0 Å². The molecule has 1 aromatic carbocycles. The molecule has 1 saturated heterocycles. The molecule has 0 unspecified atom stereocenters. The van der Waals surface area contributed by atoms with Crippen molar-refractivity contribution in [3.8, 4) is 10.6 Å². The van der Waals surface area contributed by atoms with E-state index in [2.05, 4.69) is 4.98 Å². The quantitative estimate of drug-likeness (QED) is 0.745. The summed E-state index contributed by atoms with van der Waals surface area (Å²) in [6.07, 6.45) is 6.47. The third-order valence-electron chi connectivity index (χ3n) is 5.39. The Balaban J connectivity index is 1.48. The molecule has 1 aliphatic heterocycles. The number of hydrogen-bond donors (Lipinski definition) is 0. The Morgan fingerprint density at radius 2 is 1.88 bits per heavy atom. The van der Waals surface area contributed by atoms with Gasteiger partial charge in [0.05, 0.1) is 0 Å². The molecule has 0 N–H and O–H groups in total. The predicted octanol–water partition coefficient (Wildman–Crippen LogP) is 5.12. The van der Waals surface area contributed by atoms with Crippen LogP contribution >= 0.6 is 22.9 Å². The number of benzene rings is 1. The fourth-order valence-corrected chi connectivity index (χ4v) is 4.97. The molecule has 2 aromatic rings. The third kappa shape index (κ3) is 3.22. The van der Waals surface area contributed by atoms with Gasteiger partial charge in [0.25, 0.3) is 5.91 Å². The van der Waals surface area contributed by atoms with Crippen molar-refractivity contribution in [1.82, 2.24) is 9.88 Å². The fraction of sp³-hybridized carbons (Fsp3) is 0.474. The van der Waals surface area contributed by atoms with Crippen molar-refractivity contribution < 1.29 is 4.79 Å². The lowest BCUT2D eigenvalue weighted by atomic mass is 9.75. The molecule has 1 saturated carbocycles. The number of carbonyl (C=O) groups excluding carboxylic acids is 1. The van der Waals surface area contributed by atoms with Crippen LogP contribution in [0.25, 0.3) is 10.6 Å². The summed E-state index contributed by atoms with van der Waals surface area (Å²) in [6, 6.07) is 7.60. The highest BCUT2D eigenvalue weighted by Gasteiger charge is 2.33. The summed E-state index contributed by atoms with van der Waals surface area (Å²) in [5.41, 5.74) is 1.59. The fourth-order valence-electron chi connectivity index (χ4n) is 4.04. The number of aromatic nitrogens is 1. The first-order chi connectivity index (χ1) is 11.7.